The smallest absolute Gasteiger partial charge is 0.247 e. The largest absolute Gasteiger partial charge is 0.494 e. The SMILES string of the molecule is C=CC(=O)Nc1cccc(C)c1Nc1ncc(NCc2c(F)c(OC)cc(OC)c2F)cn1. The summed E-state index contributed by atoms with van der Waals surface area (Å²) in [6, 6.07) is 6.56. The predicted octanol–water partition coefficient (Wildman–Crippen LogP) is 4.56. The summed E-state index contributed by atoms with van der Waals surface area (Å²) in [6.45, 7) is 5.13. The van der Waals surface area contributed by atoms with Gasteiger partial charge in [-0.1, -0.05) is 18.7 Å². The lowest BCUT2D eigenvalue weighted by Gasteiger charge is -2.15. The predicted molar refractivity (Wildman–Crippen MR) is 122 cm³/mol. The highest BCUT2D eigenvalue weighted by Gasteiger charge is 2.20. The van der Waals surface area contributed by atoms with Crippen LogP contribution in [0.5, 0.6) is 11.5 Å². The minimum Gasteiger partial charge on any atom is -0.494 e. The molecule has 1 aromatic heterocycles. The Morgan fingerprint density at radius 1 is 1.12 bits per heavy atom. The molecular formula is C23H23F2N5O3. The second kappa shape index (κ2) is 10.4. The van der Waals surface area contributed by atoms with Crippen molar-refractivity contribution in [3.05, 3.63) is 72.1 Å². The fourth-order valence-corrected chi connectivity index (χ4v) is 3.00. The van der Waals surface area contributed by atoms with Crippen LogP contribution in [0.1, 0.15) is 11.1 Å². The molecule has 0 bridgehead atoms. The highest BCUT2D eigenvalue weighted by atomic mass is 19.1. The molecule has 0 aliphatic heterocycles. The first-order chi connectivity index (χ1) is 15.9. The van der Waals surface area contributed by atoms with Crippen molar-refractivity contribution < 1.29 is 23.0 Å². The number of ether oxygens (including phenoxy) is 2. The first kappa shape index (κ1) is 23.5. The van der Waals surface area contributed by atoms with Crippen molar-refractivity contribution in [3.8, 4) is 11.5 Å². The normalized spacial score (nSPS) is 10.3. The molecule has 3 rings (SSSR count). The molecule has 0 fully saturated rings. The van der Waals surface area contributed by atoms with E-state index in [9.17, 15) is 13.6 Å². The van der Waals surface area contributed by atoms with E-state index in [1.54, 1.807) is 12.1 Å². The number of amides is 1. The van der Waals surface area contributed by atoms with E-state index in [-0.39, 0.29) is 35.5 Å². The molecular weight excluding hydrogens is 432 g/mol. The molecule has 0 spiro atoms. The van der Waals surface area contributed by atoms with Crippen LogP contribution in [0.2, 0.25) is 0 Å². The van der Waals surface area contributed by atoms with E-state index in [4.69, 9.17) is 9.47 Å². The van der Waals surface area contributed by atoms with Gasteiger partial charge < -0.3 is 25.4 Å². The molecule has 0 aliphatic carbocycles. The first-order valence-corrected chi connectivity index (χ1v) is 9.82. The minimum absolute atomic E-state index is 0.126. The number of nitrogens with one attached hydrogen (secondary N) is 3. The number of hydrogen-bond donors (Lipinski definition) is 3. The Labute approximate surface area is 189 Å². The minimum atomic E-state index is -0.823. The Bertz CT molecular complexity index is 1140. The summed E-state index contributed by atoms with van der Waals surface area (Å²) in [7, 11) is 2.57. The number of aromatic nitrogens is 2. The van der Waals surface area contributed by atoms with Crippen molar-refractivity contribution in [2.24, 2.45) is 0 Å². The van der Waals surface area contributed by atoms with E-state index in [2.05, 4.69) is 32.5 Å². The molecule has 0 unspecified atom stereocenters. The molecule has 2 aromatic carbocycles. The molecule has 10 heteroatoms. The van der Waals surface area contributed by atoms with Crippen LogP contribution in [0.25, 0.3) is 0 Å². The number of nitrogens with zero attached hydrogens (tertiary/aromatic N) is 2. The van der Waals surface area contributed by atoms with Crippen molar-refractivity contribution in [3.63, 3.8) is 0 Å². The van der Waals surface area contributed by atoms with Crippen LogP contribution in [-0.2, 0) is 11.3 Å². The Balaban J connectivity index is 1.76. The van der Waals surface area contributed by atoms with E-state index in [0.717, 1.165) is 11.6 Å². The summed E-state index contributed by atoms with van der Waals surface area (Å²) in [4.78, 5) is 20.1. The number of halogens is 2. The lowest BCUT2D eigenvalue weighted by molar-refractivity contribution is -0.111. The maximum atomic E-state index is 14.5. The fourth-order valence-electron chi connectivity index (χ4n) is 3.00. The molecule has 0 saturated carbocycles. The number of carbonyl (C=O) groups excluding carboxylic acids is 1. The number of anilines is 4. The van der Waals surface area contributed by atoms with Crippen LogP contribution >= 0.6 is 0 Å². The molecule has 0 aliphatic rings. The van der Waals surface area contributed by atoms with Gasteiger partial charge in [0.1, 0.15) is 0 Å². The van der Waals surface area contributed by atoms with Gasteiger partial charge in [-0.05, 0) is 24.6 Å². The third kappa shape index (κ3) is 5.35. The van der Waals surface area contributed by atoms with Gasteiger partial charge in [-0.25, -0.2) is 18.7 Å². The summed E-state index contributed by atoms with van der Waals surface area (Å²) in [5.41, 5.74) is 2.23. The maximum Gasteiger partial charge on any atom is 0.247 e. The van der Waals surface area contributed by atoms with Crippen molar-refractivity contribution >= 4 is 28.9 Å². The van der Waals surface area contributed by atoms with E-state index in [1.165, 1.54) is 32.7 Å². The molecule has 0 radical (unpaired) electrons. The number of para-hydroxylation sites is 1. The number of methoxy groups -OCH3 is 2. The van der Waals surface area contributed by atoms with Gasteiger partial charge in [0.2, 0.25) is 11.9 Å². The van der Waals surface area contributed by atoms with Gasteiger partial charge in [0.25, 0.3) is 0 Å². The molecule has 172 valence electrons. The zero-order valence-electron chi connectivity index (χ0n) is 18.3. The Hall–Kier alpha value is -4.21. The Kier molecular flexibility index (Phi) is 7.39. The lowest BCUT2D eigenvalue weighted by atomic mass is 10.1. The van der Waals surface area contributed by atoms with Crippen LogP contribution in [0.15, 0.2) is 49.3 Å². The van der Waals surface area contributed by atoms with Gasteiger partial charge in [-0.2, -0.15) is 0 Å². The van der Waals surface area contributed by atoms with Crippen LogP contribution in [-0.4, -0.2) is 30.1 Å². The van der Waals surface area contributed by atoms with Crippen molar-refractivity contribution in [1.29, 1.82) is 0 Å². The third-order valence-electron chi connectivity index (χ3n) is 4.74. The van der Waals surface area contributed by atoms with Gasteiger partial charge in [0.05, 0.1) is 49.2 Å². The lowest BCUT2D eigenvalue weighted by Crippen LogP contribution is -2.11. The first-order valence-electron chi connectivity index (χ1n) is 9.82. The molecule has 1 amide bonds. The number of aryl methyl sites for hydroxylation is 1. The summed E-state index contributed by atoms with van der Waals surface area (Å²) < 4.78 is 38.9. The zero-order chi connectivity index (χ0) is 24.0. The molecule has 0 saturated heterocycles. The second-order valence-electron chi connectivity index (χ2n) is 6.85. The van der Waals surface area contributed by atoms with Gasteiger partial charge >= 0.3 is 0 Å². The van der Waals surface area contributed by atoms with E-state index in [0.29, 0.717) is 17.1 Å². The Morgan fingerprint density at radius 2 is 1.76 bits per heavy atom. The molecule has 3 aromatic rings. The average Bonchev–Trinajstić information content (AvgIpc) is 2.82. The highest BCUT2D eigenvalue weighted by Crippen LogP contribution is 2.32. The summed E-state index contributed by atoms with van der Waals surface area (Å²) >= 11 is 0. The molecule has 3 N–H and O–H groups in total. The van der Waals surface area contributed by atoms with E-state index in [1.807, 2.05) is 13.0 Å². The maximum absolute atomic E-state index is 14.5. The highest BCUT2D eigenvalue weighted by molar-refractivity contribution is 6.01. The van der Waals surface area contributed by atoms with Crippen LogP contribution < -0.4 is 25.4 Å². The van der Waals surface area contributed by atoms with E-state index >= 15 is 0 Å². The van der Waals surface area contributed by atoms with Gasteiger partial charge in [-0.15, -0.1) is 0 Å². The van der Waals surface area contributed by atoms with Gasteiger partial charge in [0, 0.05) is 12.6 Å². The second-order valence-corrected chi connectivity index (χ2v) is 6.85. The number of carbonyl (C=O) groups is 1. The molecule has 0 atom stereocenters. The Morgan fingerprint density at radius 3 is 2.33 bits per heavy atom. The third-order valence-corrected chi connectivity index (χ3v) is 4.74. The summed E-state index contributed by atoms with van der Waals surface area (Å²) in [5.74, 6) is -1.98. The molecule has 33 heavy (non-hydrogen) atoms. The molecule has 8 nitrogen and oxygen atoms in total. The zero-order valence-corrected chi connectivity index (χ0v) is 18.3. The van der Waals surface area contributed by atoms with Gasteiger partial charge in [0.15, 0.2) is 23.1 Å². The molecule has 1 heterocycles. The number of benzene rings is 2. The van der Waals surface area contributed by atoms with E-state index < -0.39 is 11.6 Å². The quantitative estimate of drug-likeness (QED) is 0.407. The van der Waals surface area contributed by atoms with Gasteiger partial charge in [-0.3, -0.25) is 4.79 Å². The monoisotopic (exact) mass is 455 g/mol. The standard InChI is InChI=1S/C23H23F2N5O3/c1-5-19(31)29-16-8-6-7-13(2)22(16)30-23-27-10-14(11-28-23)26-12-15-20(24)17(32-3)9-18(33-4)21(15)25/h5-11,26H,1,12H2,2-4H3,(H,29,31)(H,27,28,30). The fraction of sp³-hybridized carbons (Fsp3) is 0.174. The summed E-state index contributed by atoms with van der Waals surface area (Å²) in [6.07, 6.45) is 4.10. The van der Waals surface area contributed by atoms with Crippen LogP contribution in [0.3, 0.4) is 0 Å². The number of rotatable bonds is 9. The summed E-state index contributed by atoms with van der Waals surface area (Å²) in [5, 5.41) is 8.67. The van der Waals surface area contributed by atoms with Crippen molar-refractivity contribution in [2.45, 2.75) is 13.5 Å². The average molecular weight is 455 g/mol. The van der Waals surface area contributed by atoms with Crippen LogP contribution in [0.4, 0.5) is 31.8 Å². The van der Waals surface area contributed by atoms with Crippen molar-refractivity contribution in [1.82, 2.24) is 9.97 Å². The number of hydrogen-bond acceptors (Lipinski definition) is 7. The topological polar surface area (TPSA) is 97.4 Å². The van der Waals surface area contributed by atoms with Crippen molar-refractivity contribution in [2.75, 3.05) is 30.2 Å². The van der Waals surface area contributed by atoms with Crippen LogP contribution in [0, 0.1) is 18.6 Å².